The van der Waals surface area contributed by atoms with Gasteiger partial charge in [-0.1, -0.05) is 207 Å². The molecule has 238 valence electrons. The lowest BCUT2D eigenvalue weighted by atomic mass is 10.0. The zero-order chi connectivity index (χ0) is 33.7. The third-order valence-electron chi connectivity index (χ3n) is 11.2. The van der Waals surface area contributed by atoms with Crippen molar-refractivity contribution in [1.82, 2.24) is 0 Å². The number of fused-ring (bicyclic) bond motifs is 6. The van der Waals surface area contributed by atoms with Gasteiger partial charge in [-0.15, -0.1) is 0 Å². The average Bonchev–Trinajstić information content (AvgIpc) is 3.59. The summed E-state index contributed by atoms with van der Waals surface area (Å²) in [4.78, 5) is 0. The van der Waals surface area contributed by atoms with Crippen molar-refractivity contribution in [3.05, 3.63) is 204 Å². The molecule has 0 saturated heterocycles. The molecule has 2 unspecified atom stereocenters. The summed E-state index contributed by atoms with van der Waals surface area (Å²) in [7, 11) is -4.96. The largest absolute Gasteiger partial charge is 0.147 e. The van der Waals surface area contributed by atoms with Gasteiger partial charge < -0.3 is 0 Å². The Labute approximate surface area is 297 Å². The van der Waals surface area contributed by atoms with Crippen LogP contribution in [0.15, 0.2) is 182 Å². The fourth-order valence-corrected chi connectivity index (χ4v) is 17.6. The number of hydrogen-bond acceptors (Lipinski definition) is 0. The van der Waals surface area contributed by atoms with E-state index in [1.165, 1.54) is 75.6 Å². The van der Waals surface area contributed by atoms with Gasteiger partial charge in [-0.05, 0) is 75.6 Å². The number of hydrogen-bond donors (Lipinski definition) is 0. The van der Waals surface area contributed by atoms with Gasteiger partial charge in [0.1, 0.15) is 16.1 Å². The molecule has 0 radical (unpaired) electrons. The summed E-state index contributed by atoms with van der Waals surface area (Å²) >= 11 is 0. The van der Waals surface area contributed by atoms with Crippen molar-refractivity contribution in [2.45, 2.75) is 13.1 Å². The van der Waals surface area contributed by atoms with Crippen LogP contribution in [0.4, 0.5) is 0 Å². The van der Waals surface area contributed by atoms with E-state index < -0.39 is 16.1 Å². The molecule has 2 aliphatic rings. The van der Waals surface area contributed by atoms with Crippen molar-refractivity contribution in [3.63, 3.8) is 0 Å². The minimum absolute atomic E-state index is 1.25. The SMILES string of the molecule is C[Si]1(/C(=C/c2ccccc2)c2ccccc2)c2ccccc2-c2cc3c(cc21)-c1ccccc1[Si]3(C)/C(=C/c1ccccc1)c1ccccc1. The van der Waals surface area contributed by atoms with E-state index in [2.05, 4.69) is 207 Å². The molecule has 0 nitrogen and oxygen atoms in total. The van der Waals surface area contributed by atoms with Crippen molar-refractivity contribution in [1.29, 1.82) is 0 Å². The second-order valence-electron chi connectivity index (χ2n) is 14.0. The lowest BCUT2D eigenvalue weighted by Gasteiger charge is -2.31. The van der Waals surface area contributed by atoms with Gasteiger partial charge in [-0.2, -0.15) is 0 Å². The van der Waals surface area contributed by atoms with E-state index in [-0.39, 0.29) is 0 Å². The third kappa shape index (κ3) is 4.71. The standard InChI is InChI=1S/C48H38Si2/c1-49(45(37-23-11-5-12-24-37)31-35-19-7-3-8-20-35)43-29-17-15-27-39(43)41-34-48-42(33-47(41)49)40-28-16-18-30-44(40)50(48,2)46(38-25-13-6-14-26-38)32-36-21-9-4-10-22-36/h3-34H,1-2H3/b45-31+,46-32+. The quantitative estimate of drug-likeness (QED) is 0.122. The van der Waals surface area contributed by atoms with Crippen LogP contribution in [0.3, 0.4) is 0 Å². The molecule has 0 bridgehead atoms. The van der Waals surface area contributed by atoms with Crippen LogP contribution in [0.1, 0.15) is 22.3 Å². The van der Waals surface area contributed by atoms with Crippen LogP contribution in [0, 0.1) is 0 Å². The third-order valence-corrected chi connectivity index (χ3v) is 20.2. The second-order valence-corrected chi connectivity index (χ2v) is 21.7. The van der Waals surface area contributed by atoms with Gasteiger partial charge in [-0.25, -0.2) is 0 Å². The van der Waals surface area contributed by atoms with Crippen LogP contribution in [0.25, 0.3) is 44.8 Å². The maximum atomic E-state index is 2.64. The molecule has 0 aliphatic carbocycles. The summed E-state index contributed by atoms with van der Waals surface area (Å²) in [5, 5.41) is 8.95. The molecule has 0 fully saturated rings. The Hall–Kier alpha value is -5.55. The summed E-state index contributed by atoms with van der Waals surface area (Å²) in [6.45, 7) is 5.18. The molecule has 0 saturated carbocycles. The van der Waals surface area contributed by atoms with Crippen molar-refractivity contribution < 1.29 is 0 Å². The van der Waals surface area contributed by atoms with Gasteiger partial charge in [-0.3, -0.25) is 0 Å². The topological polar surface area (TPSA) is 0 Å². The highest BCUT2D eigenvalue weighted by Crippen LogP contribution is 2.42. The monoisotopic (exact) mass is 670 g/mol. The summed E-state index contributed by atoms with van der Waals surface area (Å²) in [5.41, 5.74) is 10.7. The Morgan fingerprint density at radius 3 is 1.04 bits per heavy atom. The minimum Gasteiger partial charge on any atom is -0.0623 e. The van der Waals surface area contributed by atoms with Gasteiger partial charge in [0.15, 0.2) is 0 Å². The zero-order valence-corrected chi connectivity index (χ0v) is 30.5. The second kappa shape index (κ2) is 12.1. The summed E-state index contributed by atoms with van der Waals surface area (Å²) in [5.74, 6) is 0. The molecule has 2 heteroatoms. The first-order valence-electron chi connectivity index (χ1n) is 17.6. The highest BCUT2D eigenvalue weighted by atomic mass is 28.3. The van der Waals surface area contributed by atoms with Gasteiger partial charge in [0.2, 0.25) is 0 Å². The van der Waals surface area contributed by atoms with Crippen molar-refractivity contribution in [2.24, 2.45) is 0 Å². The van der Waals surface area contributed by atoms with E-state index in [1.54, 1.807) is 0 Å². The Bertz CT molecular complexity index is 2250. The summed E-state index contributed by atoms with van der Waals surface area (Å²) < 4.78 is 0. The first-order chi connectivity index (χ1) is 24.6. The van der Waals surface area contributed by atoms with Gasteiger partial charge in [0, 0.05) is 0 Å². The van der Waals surface area contributed by atoms with Crippen LogP contribution in [0.2, 0.25) is 13.1 Å². The Morgan fingerprint density at radius 1 is 0.340 bits per heavy atom. The molecule has 50 heavy (non-hydrogen) atoms. The average molecular weight is 671 g/mol. The van der Waals surface area contributed by atoms with Crippen molar-refractivity contribution >= 4 is 59.4 Å². The van der Waals surface area contributed by atoms with Crippen molar-refractivity contribution in [3.8, 4) is 22.3 Å². The highest BCUT2D eigenvalue weighted by molar-refractivity contribution is 7.19. The maximum Gasteiger partial charge on any atom is 0.147 e. The molecule has 2 aliphatic heterocycles. The Kier molecular flexibility index (Phi) is 7.38. The van der Waals surface area contributed by atoms with E-state index in [0.29, 0.717) is 0 Å². The number of benzene rings is 7. The van der Waals surface area contributed by atoms with E-state index >= 15 is 0 Å². The van der Waals surface area contributed by atoms with E-state index in [1.807, 2.05) is 0 Å². The van der Waals surface area contributed by atoms with E-state index in [9.17, 15) is 0 Å². The fourth-order valence-electron chi connectivity index (χ4n) is 8.75. The molecule has 0 amide bonds. The summed E-state index contributed by atoms with van der Waals surface area (Å²) in [6, 6.07) is 67.8. The number of rotatable bonds is 6. The van der Waals surface area contributed by atoms with Crippen LogP contribution in [0.5, 0.6) is 0 Å². The minimum atomic E-state index is -2.48. The van der Waals surface area contributed by atoms with Gasteiger partial charge >= 0.3 is 0 Å². The maximum absolute atomic E-state index is 2.64. The molecule has 9 rings (SSSR count). The predicted octanol–water partition coefficient (Wildman–Crippen LogP) is 9.59. The molecule has 0 spiro atoms. The van der Waals surface area contributed by atoms with E-state index in [0.717, 1.165) is 0 Å². The Morgan fingerprint density at radius 2 is 0.660 bits per heavy atom. The van der Waals surface area contributed by atoms with Crippen LogP contribution in [-0.4, -0.2) is 16.1 Å². The zero-order valence-electron chi connectivity index (χ0n) is 28.5. The molecular weight excluding hydrogens is 633 g/mol. The fraction of sp³-hybridized carbons (Fsp3) is 0.0417. The normalized spacial score (nSPS) is 19.0. The van der Waals surface area contributed by atoms with Crippen LogP contribution < -0.4 is 20.7 Å². The predicted molar refractivity (Wildman–Crippen MR) is 221 cm³/mol. The molecular formula is C48H38Si2. The smallest absolute Gasteiger partial charge is 0.0623 e. The first kappa shape index (κ1) is 30.5. The van der Waals surface area contributed by atoms with Crippen LogP contribution >= 0.6 is 0 Å². The van der Waals surface area contributed by atoms with Crippen LogP contribution in [-0.2, 0) is 0 Å². The molecule has 7 aromatic carbocycles. The van der Waals surface area contributed by atoms with Gasteiger partial charge in [0.05, 0.1) is 0 Å². The molecule has 0 aromatic heterocycles. The lowest BCUT2D eigenvalue weighted by molar-refractivity contribution is 1.62. The highest BCUT2D eigenvalue weighted by Gasteiger charge is 2.50. The molecule has 0 N–H and O–H groups in total. The molecule has 2 heterocycles. The summed E-state index contributed by atoms with van der Waals surface area (Å²) in [6.07, 6.45) is 4.95. The molecule has 7 aromatic rings. The van der Waals surface area contributed by atoms with Gasteiger partial charge in [0.25, 0.3) is 0 Å². The lowest BCUT2D eigenvalue weighted by Crippen LogP contribution is -2.55. The van der Waals surface area contributed by atoms with E-state index in [4.69, 9.17) is 0 Å². The Balaban J connectivity index is 1.35. The first-order valence-corrected chi connectivity index (χ1v) is 22.6. The molecule has 2 atom stereocenters. The van der Waals surface area contributed by atoms with Crippen molar-refractivity contribution in [2.75, 3.05) is 0 Å².